The van der Waals surface area contributed by atoms with Crippen molar-refractivity contribution >= 4 is 5.91 Å². The number of carbonyl (C=O) groups is 1. The molecule has 2 heterocycles. The van der Waals surface area contributed by atoms with Gasteiger partial charge in [-0.25, -0.2) is 0 Å². The molecule has 0 aliphatic carbocycles. The lowest BCUT2D eigenvalue weighted by atomic mass is 9.86. The van der Waals surface area contributed by atoms with Gasteiger partial charge in [0.05, 0.1) is 18.6 Å². The van der Waals surface area contributed by atoms with Crippen molar-refractivity contribution in [3.05, 3.63) is 0 Å². The number of hydrogen-bond acceptors (Lipinski definition) is 3. The van der Waals surface area contributed by atoms with Crippen molar-refractivity contribution in [1.29, 1.82) is 0 Å². The molecular weight excluding hydrogens is 216 g/mol. The van der Waals surface area contributed by atoms with Gasteiger partial charge in [0.25, 0.3) is 0 Å². The zero-order chi connectivity index (χ0) is 12.4. The average molecular weight is 240 g/mol. The van der Waals surface area contributed by atoms with Gasteiger partial charge in [-0.3, -0.25) is 4.79 Å². The van der Waals surface area contributed by atoms with E-state index in [0.717, 1.165) is 25.9 Å². The number of amides is 1. The molecule has 17 heavy (non-hydrogen) atoms. The molecular formula is C13H24N2O2. The molecule has 2 aliphatic rings. The number of hydrogen-bond donors (Lipinski definition) is 1. The minimum absolute atomic E-state index is 0.0804. The monoisotopic (exact) mass is 240 g/mol. The SMILES string of the molecule is CC1CC(C(=O)N2CCC(C)C(CN)C2)CO1. The highest BCUT2D eigenvalue weighted by Crippen LogP contribution is 2.26. The third-order valence-corrected chi connectivity index (χ3v) is 4.28. The maximum atomic E-state index is 12.3. The van der Waals surface area contributed by atoms with E-state index in [9.17, 15) is 4.79 Å². The molecule has 0 aromatic carbocycles. The van der Waals surface area contributed by atoms with Gasteiger partial charge in [0.15, 0.2) is 0 Å². The summed E-state index contributed by atoms with van der Waals surface area (Å²) in [7, 11) is 0. The fourth-order valence-corrected chi connectivity index (χ4v) is 2.90. The van der Waals surface area contributed by atoms with Crippen LogP contribution in [0.15, 0.2) is 0 Å². The summed E-state index contributed by atoms with van der Waals surface area (Å²) in [5.41, 5.74) is 5.77. The van der Waals surface area contributed by atoms with Crippen molar-refractivity contribution in [2.24, 2.45) is 23.5 Å². The summed E-state index contributed by atoms with van der Waals surface area (Å²) < 4.78 is 5.48. The standard InChI is InChI=1S/C13H24N2O2/c1-9-3-4-15(7-12(9)6-14)13(16)11-5-10(2)17-8-11/h9-12H,3-8,14H2,1-2H3. The first-order valence-electron chi connectivity index (χ1n) is 6.72. The van der Waals surface area contributed by atoms with E-state index in [2.05, 4.69) is 6.92 Å². The highest BCUT2D eigenvalue weighted by atomic mass is 16.5. The Hall–Kier alpha value is -0.610. The molecule has 0 spiro atoms. The van der Waals surface area contributed by atoms with Gasteiger partial charge >= 0.3 is 0 Å². The zero-order valence-corrected chi connectivity index (χ0v) is 10.9. The fraction of sp³-hybridized carbons (Fsp3) is 0.923. The largest absolute Gasteiger partial charge is 0.378 e. The lowest BCUT2D eigenvalue weighted by molar-refractivity contribution is -0.138. The van der Waals surface area contributed by atoms with Crippen LogP contribution in [0.4, 0.5) is 0 Å². The van der Waals surface area contributed by atoms with Gasteiger partial charge < -0.3 is 15.4 Å². The topological polar surface area (TPSA) is 55.6 Å². The van der Waals surface area contributed by atoms with Gasteiger partial charge in [0, 0.05) is 13.1 Å². The van der Waals surface area contributed by atoms with Gasteiger partial charge in [0.1, 0.15) is 0 Å². The van der Waals surface area contributed by atoms with Crippen LogP contribution >= 0.6 is 0 Å². The molecule has 4 nitrogen and oxygen atoms in total. The van der Waals surface area contributed by atoms with Crippen LogP contribution in [0.5, 0.6) is 0 Å². The number of likely N-dealkylation sites (tertiary alicyclic amines) is 1. The minimum Gasteiger partial charge on any atom is -0.378 e. The number of carbonyl (C=O) groups excluding carboxylic acids is 1. The van der Waals surface area contributed by atoms with Crippen LogP contribution in [0.1, 0.15) is 26.7 Å². The summed E-state index contributed by atoms with van der Waals surface area (Å²) in [6.45, 7) is 7.28. The maximum absolute atomic E-state index is 12.3. The Morgan fingerprint density at radius 1 is 1.47 bits per heavy atom. The Morgan fingerprint density at radius 2 is 2.24 bits per heavy atom. The number of nitrogens with two attached hydrogens (primary N) is 1. The van der Waals surface area contributed by atoms with Crippen LogP contribution in [-0.4, -0.2) is 43.2 Å². The Labute approximate surface area is 103 Å². The Morgan fingerprint density at radius 3 is 2.82 bits per heavy atom. The van der Waals surface area contributed by atoms with E-state index in [1.807, 2.05) is 11.8 Å². The molecule has 2 rings (SSSR count). The zero-order valence-electron chi connectivity index (χ0n) is 10.9. The lowest BCUT2D eigenvalue weighted by Crippen LogP contribution is -2.47. The van der Waals surface area contributed by atoms with Crippen molar-refractivity contribution in [1.82, 2.24) is 4.90 Å². The van der Waals surface area contributed by atoms with Crippen molar-refractivity contribution in [3.63, 3.8) is 0 Å². The quantitative estimate of drug-likeness (QED) is 0.778. The predicted octanol–water partition coefficient (Wildman–Crippen LogP) is 0.855. The first kappa shape index (κ1) is 12.8. The first-order chi connectivity index (χ1) is 8.11. The molecule has 98 valence electrons. The summed E-state index contributed by atoms with van der Waals surface area (Å²) in [5.74, 6) is 1.46. The maximum Gasteiger partial charge on any atom is 0.228 e. The van der Waals surface area contributed by atoms with Gasteiger partial charge in [-0.15, -0.1) is 0 Å². The molecule has 4 unspecified atom stereocenters. The van der Waals surface area contributed by atoms with Crippen LogP contribution in [0.2, 0.25) is 0 Å². The van der Waals surface area contributed by atoms with Crippen molar-refractivity contribution in [3.8, 4) is 0 Å². The molecule has 0 aromatic rings. The Kier molecular flexibility index (Phi) is 4.05. The van der Waals surface area contributed by atoms with E-state index in [4.69, 9.17) is 10.5 Å². The summed E-state index contributed by atoms with van der Waals surface area (Å²) in [6, 6.07) is 0. The summed E-state index contributed by atoms with van der Waals surface area (Å²) in [4.78, 5) is 14.3. The molecule has 4 heteroatoms. The molecule has 2 fully saturated rings. The Bertz CT molecular complexity index is 283. The second-order valence-electron chi connectivity index (χ2n) is 5.62. The van der Waals surface area contributed by atoms with E-state index in [-0.39, 0.29) is 17.9 Å². The third-order valence-electron chi connectivity index (χ3n) is 4.28. The smallest absolute Gasteiger partial charge is 0.228 e. The predicted molar refractivity (Wildman–Crippen MR) is 66.4 cm³/mol. The number of piperidine rings is 1. The molecule has 1 amide bonds. The van der Waals surface area contributed by atoms with Gasteiger partial charge in [-0.05, 0) is 38.1 Å². The second-order valence-corrected chi connectivity index (χ2v) is 5.62. The molecule has 0 bridgehead atoms. The minimum atomic E-state index is 0.0804. The van der Waals surface area contributed by atoms with Crippen LogP contribution < -0.4 is 5.73 Å². The summed E-state index contributed by atoms with van der Waals surface area (Å²) in [6.07, 6.45) is 2.19. The highest BCUT2D eigenvalue weighted by molar-refractivity contribution is 5.79. The van der Waals surface area contributed by atoms with Crippen molar-refractivity contribution in [2.75, 3.05) is 26.2 Å². The molecule has 2 aliphatic heterocycles. The molecule has 0 aromatic heterocycles. The molecule has 2 saturated heterocycles. The number of ether oxygens (including phenoxy) is 1. The van der Waals surface area contributed by atoms with Crippen molar-refractivity contribution in [2.45, 2.75) is 32.8 Å². The number of rotatable bonds is 2. The van der Waals surface area contributed by atoms with Gasteiger partial charge in [0.2, 0.25) is 5.91 Å². The normalized spacial score (nSPS) is 38.4. The van der Waals surface area contributed by atoms with Crippen LogP contribution in [-0.2, 0) is 9.53 Å². The van der Waals surface area contributed by atoms with E-state index < -0.39 is 0 Å². The molecule has 0 saturated carbocycles. The highest BCUT2D eigenvalue weighted by Gasteiger charge is 2.35. The van der Waals surface area contributed by atoms with E-state index >= 15 is 0 Å². The fourth-order valence-electron chi connectivity index (χ4n) is 2.90. The molecule has 0 radical (unpaired) electrons. The summed E-state index contributed by atoms with van der Waals surface area (Å²) >= 11 is 0. The molecule has 2 N–H and O–H groups in total. The average Bonchev–Trinajstić information content (AvgIpc) is 2.75. The second kappa shape index (κ2) is 5.36. The van der Waals surface area contributed by atoms with E-state index in [1.165, 1.54) is 0 Å². The van der Waals surface area contributed by atoms with Gasteiger partial charge in [-0.1, -0.05) is 6.92 Å². The van der Waals surface area contributed by atoms with Crippen molar-refractivity contribution < 1.29 is 9.53 Å². The van der Waals surface area contributed by atoms with Crippen LogP contribution in [0, 0.1) is 17.8 Å². The molecule has 4 atom stereocenters. The van der Waals surface area contributed by atoms with Gasteiger partial charge in [-0.2, -0.15) is 0 Å². The Balaban J connectivity index is 1.91. The lowest BCUT2D eigenvalue weighted by Gasteiger charge is -2.37. The van der Waals surface area contributed by atoms with Crippen LogP contribution in [0.25, 0.3) is 0 Å². The number of nitrogens with zero attached hydrogens (tertiary/aromatic N) is 1. The summed E-state index contributed by atoms with van der Waals surface area (Å²) in [5, 5.41) is 0. The first-order valence-corrected chi connectivity index (χ1v) is 6.72. The van der Waals surface area contributed by atoms with E-state index in [0.29, 0.717) is 25.0 Å². The van der Waals surface area contributed by atoms with E-state index in [1.54, 1.807) is 0 Å². The van der Waals surface area contributed by atoms with Crippen LogP contribution in [0.3, 0.4) is 0 Å². The third kappa shape index (κ3) is 2.80.